The fraction of sp³-hybridized carbons (Fsp3) is 0.300. The van der Waals surface area contributed by atoms with Crippen LogP contribution in [-0.4, -0.2) is 41.2 Å². The Bertz CT molecular complexity index is 325. The summed E-state index contributed by atoms with van der Waals surface area (Å²) in [7, 11) is 1.60. The van der Waals surface area contributed by atoms with Gasteiger partial charge in [-0.1, -0.05) is 6.07 Å². The van der Waals surface area contributed by atoms with Crippen molar-refractivity contribution in [1.29, 1.82) is 0 Å². The summed E-state index contributed by atoms with van der Waals surface area (Å²) in [5.41, 5.74) is 0.418. The van der Waals surface area contributed by atoms with Crippen LogP contribution in [0.25, 0.3) is 0 Å². The second kappa shape index (κ2) is 4.62. The van der Waals surface area contributed by atoms with Gasteiger partial charge in [-0.25, -0.2) is 0 Å². The Kier molecular flexibility index (Phi) is 3.48. The molecule has 0 atom stereocenters. The van der Waals surface area contributed by atoms with Crippen LogP contribution in [0.3, 0.4) is 0 Å². The molecule has 1 aromatic rings. The number of aromatic hydroxyl groups is 1. The molecule has 1 aromatic carbocycles. The lowest BCUT2D eigenvalue weighted by molar-refractivity contribution is 0.0766. The van der Waals surface area contributed by atoms with Crippen LogP contribution in [0.5, 0.6) is 5.75 Å². The Morgan fingerprint density at radius 2 is 2.21 bits per heavy atom. The zero-order chi connectivity index (χ0) is 10.6. The lowest BCUT2D eigenvalue weighted by Crippen LogP contribution is -2.29. The molecule has 14 heavy (non-hydrogen) atoms. The Balaban J connectivity index is 2.78. The van der Waals surface area contributed by atoms with E-state index in [0.717, 1.165) is 0 Å². The first-order chi connectivity index (χ1) is 6.65. The molecule has 2 N–H and O–H groups in total. The Hall–Kier alpha value is -1.55. The molecule has 0 saturated carbocycles. The number of hydrogen-bond donors (Lipinski definition) is 2. The Morgan fingerprint density at radius 3 is 2.79 bits per heavy atom. The third kappa shape index (κ3) is 2.47. The van der Waals surface area contributed by atoms with E-state index >= 15 is 0 Å². The van der Waals surface area contributed by atoms with Crippen LogP contribution in [0.4, 0.5) is 0 Å². The second-order valence-corrected chi connectivity index (χ2v) is 3.00. The zero-order valence-electron chi connectivity index (χ0n) is 7.97. The number of benzene rings is 1. The van der Waals surface area contributed by atoms with Gasteiger partial charge in [0.25, 0.3) is 5.91 Å². The summed E-state index contributed by atoms with van der Waals surface area (Å²) in [5, 5.41) is 17.8. The van der Waals surface area contributed by atoms with Gasteiger partial charge in [0.05, 0.1) is 6.61 Å². The summed E-state index contributed by atoms with van der Waals surface area (Å²) in [5.74, 6) is -0.150. The van der Waals surface area contributed by atoms with Gasteiger partial charge in [0.2, 0.25) is 0 Å². The van der Waals surface area contributed by atoms with Gasteiger partial charge in [-0.3, -0.25) is 4.79 Å². The number of phenolic OH excluding ortho intramolecular Hbond substituents is 1. The highest BCUT2D eigenvalue weighted by Crippen LogP contribution is 2.12. The quantitative estimate of drug-likeness (QED) is 0.736. The number of amides is 1. The molecular formula is C10H13NO3. The maximum absolute atomic E-state index is 11.6. The van der Waals surface area contributed by atoms with Crippen molar-refractivity contribution in [2.24, 2.45) is 0 Å². The van der Waals surface area contributed by atoms with E-state index in [2.05, 4.69) is 0 Å². The lowest BCUT2D eigenvalue weighted by Gasteiger charge is -2.15. The van der Waals surface area contributed by atoms with E-state index in [-0.39, 0.29) is 24.8 Å². The third-order valence-electron chi connectivity index (χ3n) is 1.88. The van der Waals surface area contributed by atoms with Crippen LogP contribution in [-0.2, 0) is 0 Å². The fourth-order valence-electron chi connectivity index (χ4n) is 1.11. The molecule has 76 valence electrons. The van der Waals surface area contributed by atoms with Gasteiger partial charge in [0, 0.05) is 19.2 Å². The third-order valence-corrected chi connectivity index (χ3v) is 1.88. The average molecular weight is 195 g/mol. The van der Waals surface area contributed by atoms with Crippen LogP contribution < -0.4 is 0 Å². The van der Waals surface area contributed by atoms with Gasteiger partial charge < -0.3 is 15.1 Å². The highest BCUT2D eigenvalue weighted by atomic mass is 16.3. The van der Waals surface area contributed by atoms with Crippen LogP contribution in [0.2, 0.25) is 0 Å². The lowest BCUT2D eigenvalue weighted by atomic mass is 10.2. The molecule has 0 radical (unpaired) electrons. The first-order valence-electron chi connectivity index (χ1n) is 4.30. The van der Waals surface area contributed by atoms with Crippen molar-refractivity contribution in [3.05, 3.63) is 29.8 Å². The normalized spacial score (nSPS) is 9.86. The molecule has 0 aromatic heterocycles. The predicted octanol–water partition coefficient (Wildman–Crippen LogP) is 0.456. The molecule has 0 saturated heterocycles. The van der Waals surface area contributed by atoms with Gasteiger partial charge in [0.1, 0.15) is 5.75 Å². The molecule has 0 aliphatic carbocycles. The zero-order valence-corrected chi connectivity index (χ0v) is 7.97. The Labute approximate surface area is 82.4 Å². The van der Waals surface area contributed by atoms with E-state index in [0.29, 0.717) is 5.56 Å². The van der Waals surface area contributed by atoms with Crippen LogP contribution in [0.1, 0.15) is 10.4 Å². The minimum Gasteiger partial charge on any atom is -0.508 e. The van der Waals surface area contributed by atoms with Crippen molar-refractivity contribution in [2.75, 3.05) is 20.2 Å². The summed E-state index contributed by atoms with van der Waals surface area (Å²) in [6.07, 6.45) is 0. The summed E-state index contributed by atoms with van der Waals surface area (Å²) in [4.78, 5) is 13.0. The minimum atomic E-state index is -0.213. The van der Waals surface area contributed by atoms with Crippen molar-refractivity contribution in [1.82, 2.24) is 4.90 Å². The predicted molar refractivity (Wildman–Crippen MR) is 52.2 cm³/mol. The van der Waals surface area contributed by atoms with Crippen LogP contribution in [0, 0.1) is 0 Å². The second-order valence-electron chi connectivity index (χ2n) is 3.00. The molecule has 0 aliphatic heterocycles. The number of aliphatic hydroxyl groups is 1. The van der Waals surface area contributed by atoms with E-state index in [1.165, 1.54) is 17.0 Å². The van der Waals surface area contributed by atoms with Crippen molar-refractivity contribution >= 4 is 5.91 Å². The molecular weight excluding hydrogens is 182 g/mol. The van der Waals surface area contributed by atoms with Crippen molar-refractivity contribution in [3.8, 4) is 5.75 Å². The summed E-state index contributed by atoms with van der Waals surface area (Å²) >= 11 is 0. The van der Waals surface area contributed by atoms with Gasteiger partial charge in [-0.15, -0.1) is 0 Å². The first kappa shape index (κ1) is 10.5. The molecule has 1 rings (SSSR count). The minimum absolute atomic E-state index is 0.0632. The van der Waals surface area contributed by atoms with E-state index < -0.39 is 0 Å². The summed E-state index contributed by atoms with van der Waals surface area (Å²) in [6, 6.07) is 6.13. The maximum Gasteiger partial charge on any atom is 0.253 e. The SMILES string of the molecule is CN(CCO)C(=O)c1cccc(O)c1. The molecule has 0 aliphatic rings. The molecule has 1 amide bonds. The molecule has 0 spiro atoms. The molecule has 4 heteroatoms. The number of rotatable bonds is 3. The van der Waals surface area contributed by atoms with Crippen molar-refractivity contribution in [2.45, 2.75) is 0 Å². The van der Waals surface area contributed by atoms with E-state index in [1.54, 1.807) is 19.2 Å². The number of hydrogen-bond acceptors (Lipinski definition) is 3. The summed E-state index contributed by atoms with van der Waals surface area (Å²) < 4.78 is 0. The highest BCUT2D eigenvalue weighted by Gasteiger charge is 2.10. The number of phenols is 1. The number of aliphatic hydroxyl groups excluding tert-OH is 1. The number of nitrogens with zero attached hydrogens (tertiary/aromatic N) is 1. The van der Waals surface area contributed by atoms with Crippen molar-refractivity contribution in [3.63, 3.8) is 0 Å². The van der Waals surface area contributed by atoms with E-state index in [4.69, 9.17) is 10.2 Å². The smallest absolute Gasteiger partial charge is 0.253 e. The maximum atomic E-state index is 11.6. The molecule has 0 unspecified atom stereocenters. The number of carbonyl (C=O) groups is 1. The largest absolute Gasteiger partial charge is 0.508 e. The topological polar surface area (TPSA) is 60.8 Å². The number of carbonyl (C=O) groups excluding carboxylic acids is 1. The number of likely N-dealkylation sites (N-methyl/N-ethyl adjacent to an activating group) is 1. The van der Waals surface area contributed by atoms with E-state index in [9.17, 15) is 4.79 Å². The average Bonchev–Trinajstić information content (AvgIpc) is 2.17. The van der Waals surface area contributed by atoms with Crippen molar-refractivity contribution < 1.29 is 15.0 Å². The standard InChI is InChI=1S/C10H13NO3/c1-11(5-6-12)10(14)8-3-2-4-9(13)7-8/h2-4,7,12-13H,5-6H2,1H3. The molecule has 0 bridgehead atoms. The highest BCUT2D eigenvalue weighted by molar-refractivity contribution is 5.94. The van der Waals surface area contributed by atoms with Gasteiger partial charge >= 0.3 is 0 Å². The Morgan fingerprint density at radius 1 is 1.50 bits per heavy atom. The van der Waals surface area contributed by atoms with Gasteiger partial charge in [-0.2, -0.15) is 0 Å². The summed E-state index contributed by atoms with van der Waals surface area (Å²) in [6.45, 7) is 0.218. The van der Waals surface area contributed by atoms with Crippen LogP contribution in [0.15, 0.2) is 24.3 Å². The molecule has 4 nitrogen and oxygen atoms in total. The van der Waals surface area contributed by atoms with E-state index in [1.807, 2.05) is 0 Å². The van der Waals surface area contributed by atoms with Crippen LogP contribution >= 0.6 is 0 Å². The van der Waals surface area contributed by atoms with Gasteiger partial charge in [-0.05, 0) is 18.2 Å². The van der Waals surface area contributed by atoms with Gasteiger partial charge in [0.15, 0.2) is 0 Å². The first-order valence-corrected chi connectivity index (χ1v) is 4.30. The fourth-order valence-corrected chi connectivity index (χ4v) is 1.11. The monoisotopic (exact) mass is 195 g/mol. The molecule has 0 fully saturated rings. The molecule has 0 heterocycles.